The number of nitrogens with one attached hydrogen (secondary N) is 1. The van der Waals surface area contributed by atoms with Gasteiger partial charge in [0.1, 0.15) is 0 Å². The normalized spacial score (nSPS) is 10.1. The second-order valence-electron chi connectivity index (χ2n) is 2.76. The van der Waals surface area contributed by atoms with Gasteiger partial charge in [-0.2, -0.15) is 0 Å². The smallest absolute Gasteiger partial charge is 0.0836 e. The van der Waals surface area contributed by atoms with Crippen LogP contribution in [0.4, 0.5) is 5.69 Å². The maximum atomic E-state index is 5.90. The Morgan fingerprint density at radius 2 is 1.92 bits per heavy atom. The predicted octanol–water partition coefficient (Wildman–Crippen LogP) is 3.60. The van der Waals surface area contributed by atoms with E-state index in [1.807, 2.05) is 0 Å². The Kier molecular flexibility index (Phi) is 4.33. The number of unbranched alkanes of at least 4 members (excludes halogenated alkanes) is 1. The van der Waals surface area contributed by atoms with Gasteiger partial charge in [0.2, 0.25) is 0 Å². The molecule has 0 atom stereocenters. The average molecular weight is 219 g/mol. The zero-order chi connectivity index (χ0) is 9.68. The van der Waals surface area contributed by atoms with Crippen LogP contribution in [0.5, 0.6) is 0 Å². The maximum Gasteiger partial charge on any atom is 0.0836 e. The minimum atomic E-state index is 0.573. The van der Waals surface area contributed by atoms with Crippen molar-refractivity contribution >= 4 is 28.9 Å². The topological polar surface area (TPSA) is 24.9 Å². The molecule has 0 aliphatic heterocycles. The van der Waals surface area contributed by atoms with Crippen LogP contribution in [0.15, 0.2) is 12.4 Å². The zero-order valence-corrected chi connectivity index (χ0v) is 8.99. The monoisotopic (exact) mass is 218 g/mol. The summed E-state index contributed by atoms with van der Waals surface area (Å²) in [6, 6.07) is 0. The Morgan fingerprint density at radius 1 is 1.31 bits per heavy atom. The van der Waals surface area contributed by atoms with E-state index in [1.54, 1.807) is 12.4 Å². The van der Waals surface area contributed by atoms with Crippen LogP contribution in [0.3, 0.4) is 0 Å². The van der Waals surface area contributed by atoms with Gasteiger partial charge in [0, 0.05) is 18.9 Å². The molecule has 0 saturated carbocycles. The molecule has 72 valence electrons. The fourth-order valence-corrected chi connectivity index (χ4v) is 1.47. The van der Waals surface area contributed by atoms with E-state index in [2.05, 4.69) is 17.2 Å². The molecule has 0 spiro atoms. The third-order valence-corrected chi connectivity index (χ3v) is 2.26. The molecular weight excluding hydrogens is 207 g/mol. The van der Waals surface area contributed by atoms with E-state index in [-0.39, 0.29) is 0 Å². The van der Waals surface area contributed by atoms with E-state index in [9.17, 15) is 0 Å². The number of halogens is 2. The second-order valence-corrected chi connectivity index (χ2v) is 3.57. The first-order chi connectivity index (χ1) is 6.25. The molecule has 1 aromatic heterocycles. The predicted molar refractivity (Wildman–Crippen MR) is 57.7 cm³/mol. The van der Waals surface area contributed by atoms with Crippen LogP contribution >= 0.6 is 23.2 Å². The first kappa shape index (κ1) is 10.6. The van der Waals surface area contributed by atoms with Crippen LogP contribution in [0, 0.1) is 0 Å². The molecule has 0 fully saturated rings. The summed E-state index contributed by atoms with van der Waals surface area (Å²) in [5.41, 5.74) is 0.784. The van der Waals surface area contributed by atoms with Crippen molar-refractivity contribution in [3.63, 3.8) is 0 Å². The average Bonchev–Trinajstić information content (AvgIpc) is 2.10. The van der Waals surface area contributed by atoms with Crippen molar-refractivity contribution < 1.29 is 0 Å². The van der Waals surface area contributed by atoms with Gasteiger partial charge < -0.3 is 5.32 Å². The van der Waals surface area contributed by atoms with E-state index >= 15 is 0 Å². The second kappa shape index (κ2) is 5.30. The minimum Gasteiger partial charge on any atom is -0.383 e. The Balaban J connectivity index is 2.64. The van der Waals surface area contributed by atoms with Gasteiger partial charge in [-0.25, -0.2) is 0 Å². The molecule has 1 heterocycles. The van der Waals surface area contributed by atoms with Crippen LogP contribution in [-0.2, 0) is 0 Å². The number of aromatic nitrogens is 1. The molecule has 2 nitrogen and oxygen atoms in total. The molecular formula is C9H12Cl2N2. The number of rotatable bonds is 4. The zero-order valence-electron chi connectivity index (χ0n) is 7.48. The lowest BCUT2D eigenvalue weighted by molar-refractivity contribution is 0.834. The number of nitrogens with zero attached hydrogens (tertiary/aromatic N) is 1. The Labute approximate surface area is 88.3 Å². The van der Waals surface area contributed by atoms with Crippen LogP contribution in [-0.4, -0.2) is 11.5 Å². The third kappa shape index (κ3) is 3.05. The van der Waals surface area contributed by atoms with Gasteiger partial charge in [-0.05, 0) is 6.42 Å². The lowest BCUT2D eigenvalue weighted by atomic mass is 10.3. The minimum absolute atomic E-state index is 0.573. The SMILES string of the molecule is CCCCNc1c(Cl)cncc1Cl. The van der Waals surface area contributed by atoms with Gasteiger partial charge in [0.25, 0.3) is 0 Å². The lowest BCUT2D eigenvalue weighted by Crippen LogP contribution is -2.02. The molecule has 0 aromatic carbocycles. The number of hydrogen-bond donors (Lipinski definition) is 1. The highest BCUT2D eigenvalue weighted by molar-refractivity contribution is 6.38. The van der Waals surface area contributed by atoms with Gasteiger partial charge in [0.15, 0.2) is 0 Å². The standard InChI is InChI=1S/C9H12Cl2N2/c1-2-3-4-13-9-7(10)5-12-6-8(9)11/h5-6H,2-4H2,1H3,(H,12,13). The largest absolute Gasteiger partial charge is 0.383 e. The van der Waals surface area contributed by atoms with E-state index in [4.69, 9.17) is 23.2 Å². The van der Waals surface area contributed by atoms with Gasteiger partial charge in [0.05, 0.1) is 15.7 Å². The summed E-state index contributed by atoms with van der Waals surface area (Å²) in [5.74, 6) is 0. The third-order valence-electron chi connectivity index (χ3n) is 1.69. The molecule has 13 heavy (non-hydrogen) atoms. The van der Waals surface area contributed by atoms with Crippen molar-refractivity contribution in [2.24, 2.45) is 0 Å². The molecule has 0 amide bonds. The summed E-state index contributed by atoms with van der Waals surface area (Å²) in [5, 5.41) is 4.32. The fraction of sp³-hybridized carbons (Fsp3) is 0.444. The van der Waals surface area contributed by atoms with Crippen LogP contribution in [0.2, 0.25) is 10.0 Å². The van der Waals surface area contributed by atoms with Crippen molar-refractivity contribution in [1.82, 2.24) is 4.98 Å². The van der Waals surface area contributed by atoms with Gasteiger partial charge in [-0.15, -0.1) is 0 Å². The Hall–Kier alpha value is -0.470. The fourth-order valence-electron chi connectivity index (χ4n) is 0.970. The highest BCUT2D eigenvalue weighted by atomic mass is 35.5. The molecule has 0 aliphatic carbocycles. The highest BCUT2D eigenvalue weighted by Crippen LogP contribution is 2.28. The quantitative estimate of drug-likeness (QED) is 0.782. The van der Waals surface area contributed by atoms with Crippen LogP contribution < -0.4 is 5.32 Å². The molecule has 4 heteroatoms. The highest BCUT2D eigenvalue weighted by Gasteiger charge is 2.03. The number of hydrogen-bond acceptors (Lipinski definition) is 2. The summed E-state index contributed by atoms with van der Waals surface area (Å²) in [4.78, 5) is 3.87. The Morgan fingerprint density at radius 3 is 2.46 bits per heavy atom. The summed E-state index contributed by atoms with van der Waals surface area (Å²) in [6.45, 7) is 3.03. The summed E-state index contributed by atoms with van der Waals surface area (Å²) in [6.07, 6.45) is 5.42. The van der Waals surface area contributed by atoms with Crippen LogP contribution in [0.1, 0.15) is 19.8 Å². The number of anilines is 1. The molecule has 0 saturated heterocycles. The van der Waals surface area contributed by atoms with Gasteiger partial charge in [-0.1, -0.05) is 36.5 Å². The van der Waals surface area contributed by atoms with E-state index in [0.717, 1.165) is 25.1 Å². The number of pyridine rings is 1. The molecule has 1 rings (SSSR count). The molecule has 0 radical (unpaired) electrons. The van der Waals surface area contributed by atoms with Crippen molar-refractivity contribution in [1.29, 1.82) is 0 Å². The van der Waals surface area contributed by atoms with Crippen molar-refractivity contribution in [2.45, 2.75) is 19.8 Å². The van der Waals surface area contributed by atoms with Crippen molar-refractivity contribution in [3.05, 3.63) is 22.4 Å². The molecule has 1 aromatic rings. The molecule has 0 unspecified atom stereocenters. The lowest BCUT2D eigenvalue weighted by Gasteiger charge is -2.08. The first-order valence-electron chi connectivity index (χ1n) is 4.28. The Bertz CT molecular complexity index is 256. The van der Waals surface area contributed by atoms with Crippen molar-refractivity contribution in [2.75, 3.05) is 11.9 Å². The molecule has 1 N–H and O–H groups in total. The van der Waals surface area contributed by atoms with E-state index in [0.29, 0.717) is 10.0 Å². The molecule has 0 aliphatic rings. The van der Waals surface area contributed by atoms with Gasteiger partial charge in [-0.3, -0.25) is 4.98 Å². The van der Waals surface area contributed by atoms with Crippen molar-refractivity contribution in [3.8, 4) is 0 Å². The van der Waals surface area contributed by atoms with Gasteiger partial charge >= 0.3 is 0 Å². The summed E-state index contributed by atoms with van der Waals surface area (Å²) in [7, 11) is 0. The summed E-state index contributed by atoms with van der Waals surface area (Å²) >= 11 is 11.8. The maximum absolute atomic E-state index is 5.90. The summed E-state index contributed by atoms with van der Waals surface area (Å²) < 4.78 is 0. The van der Waals surface area contributed by atoms with E-state index < -0.39 is 0 Å². The van der Waals surface area contributed by atoms with Crippen LogP contribution in [0.25, 0.3) is 0 Å². The first-order valence-corrected chi connectivity index (χ1v) is 5.04. The molecule has 0 bridgehead atoms. The van der Waals surface area contributed by atoms with E-state index in [1.165, 1.54) is 0 Å².